The summed E-state index contributed by atoms with van der Waals surface area (Å²) in [5.41, 5.74) is -0.0254. The summed E-state index contributed by atoms with van der Waals surface area (Å²) in [6.45, 7) is 0. The minimum Gasteiger partial charge on any atom is -0.478 e. The van der Waals surface area contributed by atoms with Crippen molar-refractivity contribution in [2.24, 2.45) is 0 Å². The van der Waals surface area contributed by atoms with Crippen LogP contribution in [0.1, 0.15) is 10.4 Å². The number of carbonyl (C=O) groups is 1. The lowest BCUT2D eigenvalue weighted by Gasteiger charge is -2.12. The molecule has 0 spiro atoms. The summed E-state index contributed by atoms with van der Waals surface area (Å²) < 4.78 is 5.50. The number of aromatic carboxylic acids is 1. The Labute approximate surface area is 120 Å². The molecule has 0 fully saturated rings. The zero-order chi connectivity index (χ0) is 14.7. The molecule has 0 unspecified atom stereocenters. The van der Waals surface area contributed by atoms with E-state index in [2.05, 4.69) is 9.97 Å². The number of ether oxygens (including phenoxy) is 1. The van der Waals surface area contributed by atoms with Crippen molar-refractivity contribution in [3.8, 4) is 11.6 Å². The zero-order valence-electron chi connectivity index (χ0n) is 10.9. The molecule has 0 radical (unpaired) electrons. The van der Waals surface area contributed by atoms with Crippen LogP contribution in [0.4, 0.5) is 5.95 Å². The molecule has 6 nitrogen and oxygen atoms in total. The second-order valence-corrected chi connectivity index (χ2v) is 4.57. The second kappa shape index (κ2) is 5.75. The molecule has 2 aromatic rings. The normalized spacial score (nSPS) is 10.2. The third-order valence-corrected chi connectivity index (χ3v) is 2.64. The molecule has 0 saturated carbocycles. The van der Waals surface area contributed by atoms with Crippen LogP contribution in [0.5, 0.6) is 11.6 Å². The number of hydrogen-bond acceptors (Lipinski definition) is 5. The van der Waals surface area contributed by atoms with Gasteiger partial charge in [0.15, 0.2) is 0 Å². The van der Waals surface area contributed by atoms with E-state index in [9.17, 15) is 4.79 Å². The Hall–Kier alpha value is -2.34. The quantitative estimate of drug-likeness (QED) is 0.934. The van der Waals surface area contributed by atoms with Crippen molar-refractivity contribution < 1.29 is 14.6 Å². The monoisotopic (exact) mass is 293 g/mol. The van der Waals surface area contributed by atoms with Gasteiger partial charge in [-0.1, -0.05) is 11.6 Å². The fourth-order valence-corrected chi connectivity index (χ4v) is 1.65. The van der Waals surface area contributed by atoms with Gasteiger partial charge in [-0.2, -0.15) is 4.98 Å². The summed E-state index contributed by atoms with van der Waals surface area (Å²) in [4.78, 5) is 21.1. The molecule has 0 saturated heterocycles. The summed E-state index contributed by atoms with van der Waals surface area (Å²) in [7, 11) is 3.59. The number of aromatic nitrogens is 2. The first-order valence-electron chi connectivity index (χ1n) is 5.68. The van der Waals surface area contributed by atoms with E-state index < -0.39 is 5.97 Å². The predicted molar refractivity (Wildman–Crippen MR) is 74.8 cm³/mol. The average Bonchev–Trinajstić information content (AvgIpc) is 2.41. The fourth-order valence-electron chi connectivity index (χ4n) is 1.48. The minimum atomic E-state index is -1.12. The molecule has 0 amide bonds. The molecule has 0 aliphatic rings. The molecule has 7 heteroatoms. The van der Waals surface area contributed by atoms with Crippen molar-refractivity contribution in [3.05, 3.63) is 41.0 Å². The third-order valence-electron chi connectivity index (χ3n) is 2.40. The maximum absolute atomic E-state index is 11.2. The van der Waals surface area contributed by atoms with Gasteiger partial charge >= 0.3 is 5.97 Å². The molecule has 0 aliphatic carbocycles. The van der Waals surface area contributed by atoms with E-state index in [1.54, 1.807) is 31.1 Å². The summed E-state index contributed by atoms with van der Waals surface area (Å²) in [6, 6.07) is 5.92. The molecule has 0 bridgehead atoms. The van der Waals surface area contributed by atoms with Crippen molar-refractivity contribution in [1.29, 1.82) is 0 Å². The van der Waals surface area contributed by atoms with Gasteiger partial charge < -0.3 is 14.7 Å². The Kier molecular flexibility index (Phi) is 4.05. The lowest BCUT2D eigenvalue weighted by Crippen LogP contribution is -2.12. The van der Waals surface area contributed by atoms with E-state index in [0.29, 0.717) is 11.0 Å². The van der Waals surface area contributed by atoms with Crippen LogP contribution in [0.2, 0.25) is 5.02 Å². The maximum atomic E-state index is 11.2. The van der Waals surface area contributed by atoms with Gasteiger partial charge in [0.25, 0.3) is 0 Å². The first kappa shape index (κ1) is 14.1. The van der Waals surface area contributed by atoms with E-state index in [0.717, 1.165) is 0 Å². The standard InChI is InChI=1S/C13H12ClN3O3/c1-17(2)13-15-6-5-11(16-13)20-10-4-3-8(14)7-9(10)12(18)19/h3-7H,1-2H3,(H,18,19). The number of benzene rings is 1. The summed E-state index contributed by atoms with van der Waals surface area (Å²) in [5, 5.41) is 9.46. The fraction of sp³-hybridized carbons (Fsp3) is 0.154. The van der Waals surface area contributed by atoms with E-state index in [4.69, 9.17) is 21.4 Å². The highest BCUT2D eigenvalue weighted by atomic mass is 35.5. The largest absolute Gasteiger partial charge is 0.478 e. The van der Waals surface area contributed by atoms with Gasteiger partial charge in [-0.05, 0) is 18.2 Å². The predicted octanol–water partition coefficient (Wildman–Crippen LogP) is 2.69. The van der Waals surface area contributed by atoms with Crippen LogP contribution >= 0.6 is 11.6 Å². The van der Waals surface area contributed by atoms with Crippen LogP contribution in [0.25, 0.3) is 0 Å². The molecule has 0 atom stereocenters. The molecular weight excluding hydrogens is 282 g/mol. The van der Waals surface area contributed by atoms with Crippen LogP contribution in [0.15, 0.2) is 30.5 Å². The van der Waals surface area contributed by atoms with Gasteiger partial charge in [0, 0.05) is 31.4 Å². The average molecular weight is 294 g/mol. The van der Waals surface area contributed by atoms with Crippen molar-refractivity contribution >= 4 is 23.5 Å². The van der Waals surface area contributed by atoms with E-state index in [1.807, 2.05) is 0 Å². The number of hydrogen-bond donors (Lipinski definition) is 1. The number of carboxylic acids is 1. The minimum absolute atomic E-state index is 0.0254. The van der Waals surface area contributed by atoms with E-state index >= 15 is 0 Å². The number of halogens is 1. The third kappa shape index (κ3) is 3.16. The summed E-state index contributed by atoms with van der Waals surface area (Å²) in [5.74, 6) is -0.225. The van der Waals surface area contributed by atoms with Crippen LogP contribution in [-0.4, -0.2) is 35.1 Å². The lowest BCUT2D eigenvalue weighted by molar-refractivity contribution is 0.0694. The van der Waals surface area contributed by atoms with Crippen molar-refractivity contribution in [2.75, 3.05) is 19.0 Å². The van der Waals surface area contributed by atoms with Gasteiger partial charge in [0.05, 0.1) is 0 Å². The van der Waals surface area contributed by atoms with Gasteiger partial charge in [-0.25, -0.2) is 9.78 Å². The van der Waals surface area contributed by atoms with Crippen molar-refractivity contribution in [1.82, 2.24) is 9.97 Å². The molecule has 0 aliphatic heterocycles. The van der Waals surface area contributed by atoms with Crippen LogP contribution in [0.3, 0.4) is 0 Å². The molecule has 20 heavy (non-hydrogen) atoms. The van der Waals surface area contributed by atoms with E-state index in [1.165, 1.54) is 18.3 Å². The number of carboxylic acid groups (broad SMARTS) is 1. The molecule has 1 aromatic heterocycles. The first-order valence-corrected chi connectivity index (χ1v) is 6.06. The first-order chi connectivity index (χ1) is 9.47. The SMILES string of the molecule is CN(C)c1nccc(Oc2ccc(Cl)cc2C(=O)O)n1. The van der Waals surface area contributed by atoms with Gasteiger partial charge in [0.1, 0.15) is 11.3 Å². The molecule has 104 valence electrons. The smallest absolute Gasteiger partial charge is 0.339 e. The summed E-state index contributed by atoms with van der Waals surface area (Å²) in [6.07, 6.45) is 1.54. The van der Waals surface area contributed by atoms with Gasteiger partial charge in [-0.15, -0.1) is 0 Å². The summed E-state index contributed by atoms with van der Waals surface area (Å²) >= 11 is 5.78. The molecule has 1 N–H and O–H groups in total. The Morgan fingerprint density at radius 2 is 2.10 bits per heavy atom. The Bertz CT molecular complexity index is 647. The topological polar surface area (TPSA) is 75.6 Å². The molecule has 2 rings (SSSR count). The van der Waals surface area contributed by atoms with E-state index in [-0.39, 0.29) is 17.2 Å². The Morgan fingerprint density at radius 3 is 2.75 bits per heavy atom. The van der Waals surface area contributed by atoms with Crippen LogP contribution < -0.4 is 9.64 Å². The van der Waals surface area contributed by atoms with Gasteiger partial charge in [-0.3, -0.25) is 0 Å². The second-order valence-electron chi connectivity index (χ2n) is 4.14. The lowest BCUT2D eigenvalue weighted by atomic mass is 10.2. The molecule has 1 aromatic carbocycles. The maximum Gasteiger partial charge on any atom is 0.339 e. The number of rotatable bonds is 4. The van der Waals surface area contributed by atoms with Crippen molar-refractivity contribution in [2.45, 2.75) is 0 Å². The van der Waals surface area contributed by atoms with Crippen molar-refractivity contribution in [3.63, 3.8) is 0 Å². The van der Waals surface area contributed by atoms with Crippen LogP contribution in [0, 0.1) is 0 Å². The Morgan fingerprint density at radius 1 is 1.35 bits per heavy atom. The van der Waals surface area contributed by atoms with Crippen LogP contribution in [-0.2, 0) is 0 Å². The zero-order valence-corrected chi connectivity index (χ0v) is 11.6. The molecular formula is C13H12ClN3O3. The highest BCUT2D eigenvalue weighted by molar-refractivity contribution is 6.31. The Balaban J connectivity index is 2.35. The van der Waals surface area contributed by atoms with Gasteiger partial charge in [0.2, 0.25) is 11.8 Å². The number of anilines is 1. The number of nitrogens with zero attached hydrogens (tertiary/aromatic N) is 3. The molecule has 1 heterocycles. The highest BCUT2D eigenvalue weighted by Crippen LogP contribution is 2.27. The highest BCUT2D eigenvalue weighted by Gasteiger charge is 2.13.